The van der Waals surface area contributed by atoms with Gasteiger partial charge in [-0.25, -0.2) is 9.97 Å². The third-order valence-electron chi connectivity index (χ3n) is 1.48. The van der Waals surface area contributed by atoms with Crippen LogP contribution >= 0.6 is 0 Å². The Morgan fingerprint density at radius 1 is 1.42 bits per heavy atom. The van der Waals surface area contributed by atoms with Gasteiger partial charge in [0.1, 0.15) is 6.33 Å². The van der Waals surface area contributed by atoms with Crippen LogP contribution in [0.2, 0.25) is 0 Å². The number of ketones is 1. The zero-order chi connectivity index (χ0) is 8.97. The maximum absolute atomic E-state index is 11.4. The molecule has 0 bridgehead atoms. The van der Waals surface area contributed by atoms with Crippen LogP contribution in [0.1, 0.15) is 30.6 Å². The first-order valence-corrected chi connectivity index (χ1v) is 3.98. The fourth-order valence-corrected chi connectivity index (χ4v) is 0.932. The number of hydrogen-bond acceptors (Lipinski definition) is 3. The molecule has 0 saturated heterocycles. The van der Waals surface area contributed by atoms with Gasteiger partial charge in [-0.15, -0.1) is 0 Å². The molecule has 1 aromatic heterocycles. The molecule has 0 fully saturated rings. The predicted molar refractivity (Wildman–Crippen MR) is 45.8 cm³/mol. The molecule has 0 saturated carbocycles. The zero-order valence-electron chi connectivity index (χ0n) is 7.32. The number of nitrogens with zero attached hydrogens (tertiary/aromatic N) is 2. The van der Waals surface area contributed by atoms with Crippen molar-refractivity contribution in [1.29, 1.82) is 0 Å². The summed E-state index contributed by atoms with van der Waals surface area (Å²) < 4.78 is 0. The molecule has 0 radical (unpaired) electrons. The van der Waals surface area contributed by atoms with Crippen LogP contribution in [-0.4, -0.2) is 15.8 Å². The Hall–Kier alpha value is -1.25. The minimum absolute atomic E-state index is 0.116. The molecule has 0 N–H and O–H groups in total. The Labute approximate surface area is 71.9 Å². The maximum Gasteiger partial charge on any atom is 0.166 e. The lowest BCUT2D eigenvalue weighted by atomic mass is 10.0. The molecule has 1 heterocycles. The number of aromatic nitrogens is 2. The molecule has 0 aliphatic rings. The fraction of sp³-hybridized carbons (Fsp3) is 0.444. The standard InChI is InChI=1S/C9H12N2O/c1-7(2)3-9(12)8-4-10-6-11-5-8/h4-7H,3H2,1-2H3. The van der Waals surface area contributed by atoms with Crippen LogP contribution in [0.25, 0.3) is 0 Å². The lowest BCUT2D eigenvalue weighted by Gasteiger charge is -2.01. The molecule has 1 rings (SSSR count). The minimum Gasteiger partial charge on any atom is -0.294 e. The Morgan fingerprint density at radius 3 is 2.50 bits per heavy atom. The monoisotopic (exact) mass is 164 g/mol. The van der Waals surface area contributed by atoms with E-state index < -0.39 is 0 Å². The van der Waals surface area contributed by atoms with Gasteiger partial charge < -0.3 is 0 Å². The summed E-state index contributed by atoms with van der Waals surface area (Å²) in [6.07, 6.45) is 5.09. The third-order valence-corrected chi connectivity index (χ3v) is 1.48. The topological polar surface area (TPSA) is 42.9 Å². The first kappa shape index (κ1) is 8.84. The van der Waals surface area contributed by atoms with Crippen LogP contribution in [0.3, 0.4) is 0 Å². The highest BCUT2D eigenvalue weighted by molar-refractivity contribution is 5.95. The van der Waals surface area contributed by atoms with Gasteiger partial charge in [-0.05, 0) is 5.92 Å². The summed E-state index contributed by atoms with van der Waals surface area (Å²) in [5.41, 5.74) is 0.603. The Kier molecular flexibility index (Phi) is 2.91. The third kappa shape index (κ3) is 2.42. The molecule has 0 aliphatic heterocycles. The Balaban J connectivity index is 2.66. The second-order valence-corrected chi connectivity index (χ2v) is 3.15. The first-order chi connectivity index (χ1) is 5.70. The molecule has 12 heavy (non-hydrogen) atoms. The normalized spacial score (nSPS) is 10.2. The molecule has 0 spiro atoms. The van der Waals surface area contributed by atoms with E-state index in [1.165, 1.54) is 6.33 Å². The molecule has 0 unspecified atom stereocenters. The van der Waals surface area contributed by atoms with Gasteiger partial charge in [-0.3, -0.25) is 4.79 Å². The van der Waals surface area contributed by atoms with Gasteiger partial charge in [-0.2, -0.15) is 0 Å². The highest BCUT2D eigenvalue weighted by Gasteiger charge is 2.07. The SMILES string of the molecule is CC(C)CC(=O)c1cncnc1. The molecule has 64 valence electrons. The van der Waals surface area contributed by atoms with Gasteiger partial charge in [0.05, 0.1) is 5.56 Å². The summed E-state index contributed by atoms with van der Waals surface area (Å²) in [6.45, 7) is 4.03. The maximum atomic E-state index is 11.4. The van der Waals surface area contributed by atoms with Gasteiger partial charge >= 0.3 is 0 Å². The summed E-state index contributed by atoms with van der Waals surface area (Å²) in [5, 5.41) is 0. The van der Waals surface area contributed by atoms with Crippen LogP contribution in [-0.2, 0) is 0 Å². The smallest absolute Gasteiger partial charge is 0.166 e. The molecule has 0 aliphatic carbocycles. The lowest BCUT2D eigenvalue weighted by Crippen LogP contribution is -2.04. The number of carbonyl (C=O) groups excluding carboxylic acids is 1. The van der Waals surface area contributed by atoms with E-state index in [2.05, 4.69) is 9.97 Å². The first-order valence-electron chi connectivity index (χ1n) is 3.98. The fourth-order valence-electron chi connectivity index (χ4n) is 0.932. The van der Waals surface area contributed by atoms with Crippen molar-refractivity contribution in [1.82, 2.24) is 9.97 Å². The number of hydrogen-bond donors (Lipinski definition) is 0. The van der Waals surface area contributed by atoms with Crippen molar-refractivity contribution in [2.75, 3.05) is 0 Å². The van der Waals surface area contributed by atoms with Gasteiger partial charge in [0, 0.05) is 18.8 Å². The van der Waals surface area contributed by atoms with E-state index in [4.69, 9.17) is 0 Å². The molecule has 3 heteroatoms. The van der Waals surface area contributed by atoms with Crippen molar-refractivity contribution < 1.29 is 4.79 Å². The predicted octanol–water partition coefficient (Wildman–Crippen LogP) is 1.71. The minimum atomic E-state index is 0.116. The lowest BCUT2D eigenvalue weighted by molar-refractivity contribution is 0.0967. The second kappa shape index (κ2) is 3.95. The van der Waals surface area contributed by atoms with Crippen LogP contribution in [0.15, 0.2) is 18.7 Å². The Bertz CT molecular complexity index is 256. The van der Waals surface area contributed by atoms with E-state index in [9.17, 15) is 4.79 Å². The van der Waals surface area contributed by atoms with E-state index in [-0.39, 0.29) is 5.78 Å². The van der Waals surface area contributed by atoms with E-state index in [1.54, 1.807) is 12.4 Å². The van der Waals surface area contributed by atoms with Gasteiger partial charge in [-0.1, -0.05) is 13.8 Å². The molecule has 0 amide bonds. The summed E-state index contributed by atoms with van der Waals surface area (Å²) in [5.74, 6) is 0.503. The van der Waals surface area contributed by atoms with Crippen molar-refractivity contribution in [2.24, 2.45) is 5.92 Å². The molecule has 0 aromatic carbocycles. The molecule has 0 atom stereocenters. The number of rotatable bonds is 3. The van der Waals surface area contributed by atoms with E-state index in [0.29, 0.717) is 17.9 Å². The number of carbonyl (C=O) groups is 1. The average molecular weight is 164 g/mol. The Morgan fingerprint density at radius 2 is 2.00 bits per heavy atom. The van der Waals surface area contributed by atoms with Crippen LogP contribution in [0.5, 0.6) is 0 Å². The van der Waals surface area contributed by atoms with Crippen molar-refractivity contribution in [3.05, 3.63) is 24.3 Å². The highest BCUT2D eigenvalue weighted by Crippen LogP contribution is 2.06. The molecular weight excluding hydrogens is 152 g/mol. The van der Waals surface area contributed by atoms with Crippen molar-refractivity contribution in [3.63, 3.8) is 0 Å². The average Bonchev–Trinajstić information content (AvgIpc) is 2.05. The number of Topliss-reactive ketones (excluding diaryl/α,β-unsaturated/α-hetero) is 1. The molecular formula is C9H12N2O. The quantitative estimate of drug-likeness (QED) is 0.638. The highest BCUT2D eigenvalue weighted by atomic mass is 16.1. The van der Waals surface area contributed by atoms with Crippen LogP contribution < -0.4 is 0 Å². The van der Waals surface area contributed by atoms with E-state index in [0.717, 1.165) is 0 Å². The largest absolute Gasteiger partial charge is 0.294 e. The van der Waals surface area contributed by atoms with Crippen LogP contribution in [0.4, 0.5) is 0 Å². The van der Waals surface area contributed by atoms with Gasteiger partial charge in [0.25, 0.3) is 0 Å². The molecule has 3 nitrogen and oxygen atoms in total. The van der Waals surface area contributed by atoms with E-state index >= 15 is 0 Å². The molecule has 1 aromatic rings. The summed E-state index contributed by atoms with van der Waals surface area (Å²) >= 11 is 0. The second-order valence-electron chi connectivity index (χ2n) is 3.15. The van der Waals surface area contributed by atoms with Crippen LogP contribution in [0, 0.1) is 5.92 Å². The summed E-state index contributed by atoms with van der Waals surface area (Å²) in [6, 6.07) is 0. The van der Waals surface area contributed by atoms with Crippen molar-refractivity contribution in [2.45, 2.75) is 20.3 Å². The zero-order valence-corrected chi connectivity index (χ0v) is 7.32. The van der Waals surface area contributed by atoms with Gasteiger partial charge in [0.15, 0.2) is 5.78 Å². The summed E-state index contributed by atoms with van der Waals surface area (Å²) in [7, 11) is 0. The van der Waals surface area contributed by atoms with Gasteiger partial charge in [0.2, 0.25) is 0 Å². The van der Waals surface area contributed by atoms with Crippen molar-refractivity contribution in [3.8, 4) is 0 Å². The van der Waals surface area contributed by atoms with Crippen molar-refractivity contribution >= 4 is 5.78 Å². The summed E-state index contributed by atoms with van der Waals surface area (Å²) in [4.78, 5) is 18.9. The van der Waals surface area contributed by atoms with E-state index in [1.807, 2.05) is 13.8 Å².